The molecule has 0 aliphatic heterocycles. The van der Waals surface area contributed by atoms with E-state index in [0.717, 1.165) is 16.9 Å². The second kappa shape index (κ2) is 6.79. The Bertz CT molecular complexity index is 1040. The van der Waals surface area contributed by atoms with Crippen LogP contribution in [0.4, 0.5) is 0 Å². The highest BCUT2D eigenvalue weighted by molar-refractivity contribution is 5.92. The maximum absolute atomic E-state index is 12.4. The number of H-pyrrole nitrogens is 1. The van der Waals surface area contributed by atoms with Crippen LogP contribution in [0, 0.1) is 0 Å². The number of hydrogen-bond donors (Lipinski definition) is 2. The summed E-state index contributed by atoms with van der Waals surface area (Å²) in [4.78, 5) is 20.4. The molecule has 1 aromatic carbocycles. The van der Waals surface area contributed by atoms with Crippen molar-refractivity contribution in [2.75, 3.05) is 0 Å². The Morgan fingerprint density at radius 2 is 2.15 bits per heavy atom. The first kappa shape index (κ1) is 16.0. The van der Waals surface area contributed by atoms with Gasteiger partial charge in [-0.05, 0) is 36.6 Å². The normalized spacial score (nSPS) is 12.2. The van der Waals surface area contributed by atoms with E-state index in [1.807, 2.05) is 25.3 Å². The standard InChI is InChI=1S/C19H18N6O/c1-13(16-6-8-20-12-21-16)22-19(26)17-10-15(23-24-17)11-25-9-7-14-4-2-3-5-18(14)25/h2-10,12-13H,11H2,1H3,(H,22,26)(H,23,24)/t13-/m1/s1. The number of hydrogen-bond acceptors (Lipinski definition) is 4. The van der Waals surface area contributed by atoms with Gasteiger partial charge in [0.15, 0.2) is 0 Å². The molecule has 2 N–H and O–H groups in total. The maximum Gasteiger partial charge on any atom is 0.272 e. The molecule has 0 aliphatic carbocycles. The Hall–Kier alpha value is -3.48. The molecule has 4 aromatic rings. The number of fused-ring (bicyclic) bond motifs is 1. The van der Waals surface area contributed by atoms with Gasteiger partial charge >= 0.3 is 0 Å². The summed E-state index contributed by atoms with van der Waals surface area (Å²) in [6, 6.07) is 13.6. The van der Waals surface area contributed by atoms with Crippen LogP contribution in [0.3, 0.4) is 0 Å². The fourth-order valence-corrected chi connectivity index (χ4v) is 2.92. The van der Waals surface area contributed by atoms with Gasteiger partial charge in [-0.15, -0.1) is 0 Å². The fourth-order valence-electron chi connectivity index (χ4n) is 2.92. The summed E-state index contributed by atoms with van der Waals surface area (Å²) in [5.41, 5.74) is 3.12. The smallest absolute Gasteiger partial charge is 0.272 e. The molecular weight excluding hydrogens is 328 g/mol. The zero-order valence-electron chi connectivity index (χ0n) is 14.3. The summed E-state index contributed by atoms with van der Waals surface area (Å²) < 4.78 is 2.12. The zero-order chi connectivity index (χ0) is 17.9. The molecule has 0 radical (unpaired) electrons. The van der Waals surface area contributed by atoms with Gasteiger partial charge in [0.25, 0.3) is 5.91 Å². The monoisotopic (exact) mass is 346 g/mol. The van der Waals surface area contributed by atoms with Gasteiger partial charge in [0.1, 0.15) is 12.0 Å². The van der Waals surface area contributed by atoms with Gasteiger partial charge in [-0.1, -0.05) is 18.2 Å². The number of aromatic nitrogens is 5. The van der Waals surface area contributed by atoms with E-state index in [1.165, 1.54) is 11.7 Å². The van der Waals surface area contributed by atoms with Crippen LogP contribution >= 0.6 is 0 Å². The second-order valence-corrected chi connectivity index (χ2v) is 6.11. The highest BCUT2D eigenvalue weighted by Crippen LogP contribution is 2.16. The van der Waals surface area contributed by atoms with Crippen LogP contribution < -0.4 is 5.32 Å². The lowest BCUT2D eigenvalue weighted by molar-refractivity contribution is 0.0934. The maximum atomic E-state index is 12.4. The van der Waals surface area contributed by atoms with Crippen LogP contribution in [0.5, 0.6) is 0 Å². The zero-order valence-corrected chi connectivity index (χ0v) is 14.3. The lowest BCUT2D eigenvalue weighted by Crippen LogP contribution is -2.27. The summed E-state index contributed by atoms with van der Waals surface area (Å²) in [7, 11) is 0. The lowest BCUT2D eigenvalue weighted by Gasteiger charge is -2.11. The molecule has 1 amide bonds. The van der Waals surface area contributed by atoms with Gasteiger partial charge in [-0.2, -0.15) is 5.10 Å². The molecule has 7 nitrogen and oxygen atoms in total. The van der Waals surface area contributed by atoms with E-state index in [9.17, 15) is 4.79 Å². The first-order chi connectivity index (χ1) is 12.7. The minimum atomic E-state index is -0.240. The Labute approximate surface area is 150 Å². The van der Waals surface area contributed by atoms with E-state index in [4.69, 9.17) is 0 Å². The first-order valence-electron chi connectivity index (χ1n) is 8.35. The average Bonchev–Trinajstić information content (AvgIpc) is 3.30. The summed E-state index contributed by atoms with van der Waals surface area (Å²) in [5, 5.41) is 11.2. The van der Waals surface area contributed by atoms with Crippen molar-refractivity contribution in [3.05, 3.63) is 78.3 Å². The minimum absolute atomic E-state index is 0.223. The first-order valence-corrected chi connectivity index (χ1v) is 8.35. The number of benzene rings is 1. The summed E-state index contributed by atoms with van der Waals surface area (Å²) in [6.45, 7) is 2.50. The van der Waals surface area contributed by atoms with Crippen molar-refractivity contribution >= 4 is 16.8 Å². The Morgan fingerprint density at radius 3 is 3.00 bits per heavy atom. The summed E-state index contributed by atoms with van der Waals surface area (Å²) in [5.74, 6) is -0.240. The summed E-state index contributed by atoms with van der Waals surface area (Å²) in [6.07, 6.45) is 5.15. The van der Waals surface area contributed by atoms with E-state index in [1.54, 1.807) is 18.3 Å². The molecule has 0 unspecified atom stereocenters. The number of amides is 1. The van der Waals surface area contributed by atoms with Crippen LogP contribution in [-0.2, 0) is 6.54 Å². The number of nitrogens with zero attached hydrogens (tertiary/aromatic N) is 4. The Morgan fingerprint density at radius 1 is 1.27 bits per heavy atom. The van der Waals surface area contributed by atoms with Crippen molar-refractivity contribution < 1.29 is 4.79 Å². The number of nitrogens with one attached hydrogen (secondary N) is 2. The number of aromatic amines is 1. The number of rotatable bonds is 5. The fraction of sp³-hybridized carbons (Fsp3) is 0.158. The predicted molar refractivity (Wildman–Crippen MR) is 97.5 cm³/mol. The molecule has 130 valence electrons. The van der Waals surface area contributed by atoms with Crippen LogP contribution in [0.15, 0.2) is 61.2 Å². The summed E-state index contributed by atoms with van der Waals surface area (Å²) >= 11 is 0. The van der Waals surface area contributed by atoms with E-state index in [2.05, 4.69) is 48.2 Å². The van der Waals surface area contributed by atoms with E-state index in [0.29, 0.717) is 12.2 Å². The molecule has 0 aliphatic rings. The minimum Gasteiger partial charge on any atom is -0.343 e. The Kier molecular flexibility index (Phi) is 4.18. The van der Waals surface area contributed by atoms with Crippen LogP contribution in [-0.4, -0.2) is 30.6 Å². The molecule has 26 heavy (non-hydrogen) atoms. The Balaban J connectivity index is 1.46. The van der Waals surface area contributed by atoms with Crippen molar-refractivity contribution in [1.82, 2.24) is 30.0 Å². The van der Waals surface area contributed by atoms with Gasteiger partial charge in [0.05, 0.1) is 24.0 Å². The average molecular weight is 346 g/mol. The highest BCUT2D eigenvalue weighted by atomic mass is 16.2. The molecule has 0 bridgehead atoms. The van der Waals surface area contributed by atoms with E-state index >= 15 is 0 Å². The van der Waals surface area contributed by atoms with Crippen molar-refractivity contribution in [3.63, 3.8) is 0 Å². The molecule has 0 spiro atoms. The molecule has 3 heterocycles. The van der Waals surface area contributed by atoms with Crippen molar-refractivity contribution in [2.24, 2.45) is 0 Å². The third-order valence-electron chi connectivity index (χ3n) is 4.28. The molecule has 0 fully saturated rings. The third kappa shape index (κ3) is 3.19. The highest BCUT2D eigenvalue weighted by Gasteiger charge is 2.15. The molecular formula is C19H18N6O. The third-order valence-corrected chi connectivity index (χ3v) is 4.28. The van der Waals surface area contributed by atoms with E-state index in [-0.39, 0.29) is 11.9 Å². The number of para-hydroxylation sites is 1. The quantitative estimate of drug-likeness (QED) is 0.581. The molecule has 0 saturated heterocycles. The predicted octanol–water partition coefficient (Wildman–Crippen LogP) is 2.69. The lowest BCUT2D eigenvalue weighted by atomic mass is 10.2. The van der Waals surface area contributed by atoms with Crippen molar-refractivity contribution in [3.8, 4) is 0 Å². The topological polar surface area (TPSA) is 88.5 Å². The molecule has 3 aromatic heterocycles. The SMILES string of the molecule is C[C@@H](NC(=O)c1cc(Cn2ccc3ccccc32)[nH]n1)c1ccncn1. The number of carbonyl (C=O) groups is 1. The van der Waals surface area contributed by atoms with Crippen LogP contribution in [0.1, 0.15) is 34.8 Å². The van der Waals surface area contributed by atoms with E-state index < -0.39 is 0 Å². The molecule has 0 saturated carbocycles. The van der Waals surface area contributed by atoms with Crippen LogP contribution in [0.25, 0.3) is 10.9 Å². The van der Waals surface area contributed by atoms with Gasteiger partial charge in [-0.25, -0.2) is 9.97 Å². The molecule has 1 atom stereocenters. The van der Waals surface area contributed by atoms with Crippen molar-refractivity contribution in [2.45, 2.75) is 19.5 Å². The van der Waals surface area contributed by atoms with Crippen LogP contribution in [0.2, 0.25) is 0 Å². The van der Waals surface area contributed by atoms with Gasteiger partial charge in [0.2, 0.25) is 0 Å². The van der Waals surface area contributed by atoms with Gasteiger partial charge < -0.3 is 9.88 Å². The second-order valence-electron chi connectivity index (χ2n) is 6.11. The molecule has 7 heteroatoms. The number of carbonyl (C=O) groups excluding carboxylic acids is 1. The largest absolute Gasteiger partial charge is 0.343 e. The van der Waals surface area contributed by atoms with Crippen molar-refractivity contribution in [1.29, 1.82) is 0 Å². The molecule has 4 rings (SSSR count). The van der Waals surface area contributed by atoms with Gasteiger partial charge in [-0.3, -0.25) is 9.89 Å². The van der Waals surface area contributed by atoms with Gasteiger partial charge in [0, 0.05) is 17.9 Å².